The number of hydrogen-bond acceptors (Lipinski definition) is 6. The Morgan fingerprint density at radius 1 is 0.903 bits per heavy atom. The van der Waals surface area contributed by atoms with Crippen molar-refractivity contribution in [3.05, 3.63) is 52.7 Å². The van der Waals surface area contributed by atoms with Gasteiger partial charge < -0.3 is 29.0 Å². The zero-order chi connectivity index (χ0) is 22.1. The minimum atomic E-state index is -0.828. The van der Waals surface area contributed by atoms with Crippen molar-refractivity contribution >= 4 is 23.8 Å². The minimum Gasteiger partial charge on any atom is -0.493 e. The SMILES string of the molecule is COc1cc2c(cc1OC)C1=Cc3cc(OC)c(OC)cc3C(CCC(=O)O)N1C=C2. The molecule has 0 fully saturated rings. The molecule has 0 bridgehead atoms. The fourth-order valence-corrected chi connectivity index (χ4v) is 4.23. The number of hydrogen-bond donors (Lipinski definition) is 1. The molecule has 162 valence electrons. The van der Waals surface area contributed by atoms with E-state index in [2.05, 4.69) is 11.0 Å². The fourth-order valence-electron chi connectivity index (χ4n) is 4.23. The lowest BCUT2D eigenvalue weighted by Crippen LogP contribution is -2.28. The predicted molar refractivity (Wildman–Crippen MR) is 117 cm³/mol. The van der Waals surface area contributed by atoms with Crippen LogP contribution in [-0.2, 0) is 4.79 Å². The Morgan fingerprint density at radius 2 is 1.48 bits per heavy atom. The van der Waals surface area contributed by atoms with Gasteiger partial charge in [0.05, 0.1) is 34.5 Å². The first-order valence-corrected chi connectivity index (χ1v) is 9.93. The summed E-state index contributed by atoms with van der Waals surface area (Å²) in [6, 6.07) is 7.61. The second kappa shape index (κ2) is 8.26. The standard InChI is InChI=1S/C24H25NO6/c1-28-20-10-14-7-8-25-18(5-6-24(26)27)17-13-23(31-4)21(29-2)11-15(17)9-19(25)16(14)12-22(20)30-3/h7-13,18H,5-6H2,1-4H3,(H,26,27). The smallest absolute Gasteiger partial charge is 0.303 e. The lowest BCUT2D eigenvalue weighted by atomic mass is 9.86. The molecule has 2 aliphatic rings. The van der Waals surface area contributed by atoms with Gasteiger partial charge in [0.15, 0.2) is 23.0 Å². The van der Waals surface area contributed by atoms with Gasteiger partial charge >= 0.3 is 5.97 Å². The molecule has 7 heteroatoms. The molecule has 1 unspecified atom stereocenters. The van der Waals surface area contributed by atoms with Crippen LogP contribution in [0.2, 0.25) is 0 Å². The third-order valence-electron chi connectivity index (χ3n) is 5.73. The van der Waals surface area contributed by atoms with Crippen molar-refractivity contribution in [2.24, 2.45) is 0 Å². The molecule has 7 nitrogen and oxygen atoms in total. The van der Waals surface area contributed by atoms with Crippen molar-refractivity contribution in [3.63, 3.8) is 0 Å². The molecule has 1 N–H and O–H groups in total. The van der Waals surface area contributed by atoms with Gasteiger partial charge in [0, 0.05) is 23.9 Å². The first-order valence-electron chi connectivity index (χ1n) is 9.93. The van der Waals surface area contributed by atoms with Crippen LogP contribution < -0.4 is 18.9 Å². The van der Waals surface area contributed by atoms with Gasteiger partial charge in [0.25, 0.3) is 0 Å². The number of carboxylic acids is 1. The number of ether oxygens (including phenoxy) is 4. The number of carboxylic acid groups (broad SMARTS) is 1. The fraction of sp³-hybridized carbons (Fsp3) is 0.292. The van der Waals surface area contributed by atoms with Crippen LogP contribution in [0.1, 0.15) is 41.1 Å². The molecule has 2 heterocycles. The van der Waals surface area contributed by atoms with Crippen LogP contribution in [0.4, 0.5) is 0 Å². The summed E-state index contributed by atoms with van der Waals surface area (Å²) in [5.41, 5.74) is 4.92. The molecular weight excluding hydrogens is 398 g/mol. The highest BCUT2D eigenvalue weighted by Gasteiger charge is 2.33. The molecule has 0 saturated carbocycles. The van der Waals surface area contributed by atoms with Crippen LogP contribution in [0.3, 0.4) is 0 Å². The second-order valence-corrected chi connectivity index (χ2v) is 7.33. The van der Waals surface area contributed by atoms with Crippen molar-refractivity contribution < 1.29 is 28.8 Å². The number of carbonyl (C=O) groups is 1. The zero-order valence-corrected chi connectivity index (χ0v) is 18.0. The Labute approximate surface area is 181 Å². The van der Waals surface area contributed by atoms with E-state index in [-0.39, 0.29) is 12.5 Å². The first kappa shape index (κ1) is 20.7. The summed E-state index contributed by atoms with van der Waals surface area (Å²) in [7, 11) is 6.42. The van der Waals surface area contributed by atoms with Crippen molar-refractivity contribution in [2.75, 3.05) is 28.4 Å². The molecule has 2 aromatic rings. The molecule has 0 amide bonds. The molecular formula is C24H25NO6. The number of fused-ring (bicyclic) bond motifs is 4. The third-order valence-corrected chi connectivity index (χ3v) is 5.73. The van der Waals surface area contributed by atoms with Crippen LogP contribution >= 0.6 is 0 Å². The van der Waals surface area contributed by atoms with Crippen molar-refractivity contribution in [1.29, 1.82) is 0 Å². The van der Waals surface area contributed by atoms with E-state index >= 15 is 0 Å². The summed E-state index contributed by atoms with van der Waals surface area (Å²) >= 11 is 0. The van der Waals surface area contributed by atoms with E-state index in [1.54, 1.807) is 28.4 Å². The summed E-state index contributed by atoms with van der Waals surface area (Å²) in [5.74, 6) is 1.71. The van der Waals surface area contributed by atoms with E-state index in [9.17, 15) is 9.90 Å². The predicted octanol–water partition coefficient (Wildman–Crippen LogP) is 4.42. The number of methoxy groups -OCH3 is 4. The van der Waals surface area contributed by atoms with Gasteiger partial charge in [-0.05, 0) is 59.5 Å². The van der Waals surface area contributed by atoms with E-state index < -0.39 is 5.97 Å². The third kappa shape index (κ3) is 3.56. The highest BCUT2D eigenvalue weighted by molar-refractivity contribution is 5.91. The van der Waals surface area contributed by atoms with Crippen molar-refractivity contribution in [1.82, 2.24) is 4.90 Å². The average Bonchev–Trinajstić information content (AvgIpc) is 2.79. The molecule has 2 aliphatic heterocycles. The Morgan fingerprint density at radius 3 is 2.10 bits per heavy atom. The molecule has 0 saturated heterocycles. The van der Waals surface area contributed by atoms with Crippen LogP contribution in [-0.4, -0.2) is 44.4 Å². The van der Waals surface area contributed by atoms with Gasteiger partial charge in [-0.15, -0.1) is 0 Å². The van der Waals surface area contributed by atoms with Crippen molar-refractivity contribution in [2.45, 2.75) is 18.9 Å². The summed E-state index contributed by atoms with van der Waals surface area (Å²) < 4.78 is 22.0. The largest absolute Gasteiger partial charge is 0.493 e. The van der Waals surface area contributed by atoms with E-state index in [4.69, 9.17) is 18.9 Å². The molecule has 0 aromatic heterocycles. The first-order chi connectivity index (χ1) is 15.0. The van der Waals surface area contributed by atoms with Gasteiger partial charge in [0.2, 0.25) is 0 Å². The lowest BCUT2D eigenvalue weighted by molar-refractivity contribution is -0.137. The van der Waals surface area contributed by atoms with Gasteiger partial charge in [-0.2, -0.15) is 0 Å². The maximum atomic E-state index is 11.4. The van der Waals surface area contributed by atoms with Gasteiger partial charge in [-0.25, -0.2) is 0 Å². The van der Waals surface area contributed by atoms with Gasteiger partial charge in [-0.3, -0.25) is 4.79 Å². The maximum Gasteiger partial charge on any atom is 0.303 e. The highest BCUT2D eigenvalue weighted by Crippen LogP contribution is 2.48. The topological polar surface area (TPSA) is 77.5 Å². The molecule has 0 radical (unpaired) electrons. The summed E-state index contributed by atoms with van der Waals surface area (Å²) in [5, 5.41) is 9.33. The van der Waals surface area contributed by atoms with Crippen LogP contribution in [0, 0.1) is 0 Å². The molecule has 4 rings (SSSR count). The zero-order valence-electron chi connectivity index (χ0n) is 18.0. The molecule has 1 atom stereocenters. The Hall–Kier alpha value is -3.61. The lowest BCUT2D eigenvalue weighted by Gasteiger charge is -2.40. The quantitative estimate of drug-likeness (QED) is 0.706. The van der Waals surface area contributed by atoms with Crippen molar-refractivity contribution in [3.8, 4) is 23.0 Å². The van der Waals surface area contributed by atoms with E-state index in [0.717, 1.165) is 28.0 Å². The number of rotatable bonds is 7. The monoisotopic (exact) mass is 423 g/mol. The second-order valence-electron chi connectivity index (χ2n) is 7.33. The average molecular weight is 423 g/mol. The van der Waals surface area contributed by atoms with Gasteiger partial charge in [-0.1, -0.05) is 0 Å². The maximum absolute atomic E-state index is 11.4. The normalized spacial score (nSPS) is 15.9. The molecule has 2 aromatic carbocycles. The molecule has 31 heavy (non-hydrogen) atoms. The van der Waals surface area contributed by atoms with E-state index in [0.29, 0.717) is 29.4 Å². The van der Waals surface area contributed by atoms with Crippen LogP contribution in [0.25, 0.3) is 17.8 Å². The van der Waals surface area contributed by atoms with Crippen LogP contribution in [0.5, 0.6) is 23.0 Å². The van der Waals surface area contributed by atoms with Crippen LogP contribution in [0.15, 0.2) is 30.5 Å². The van der Waals surface area contributed by atoms with E-state index in [1.165, 1.54) is 0 Å². The Balaban J connectivity index is 1.91. The Bertz CT molecular complexity index is 1090. The molecule has 0 spiro atoms. The summed E-state index contributed by atoms with van der Waals surface area (Å²) in [6.45, 7) is 0. The number of benzene rings is 2. The number of nitrogens with zero attached hydrogens (tertiary/aromatic N) is 1. The van der Waals surface area contributed by atoms with E-state index in [1.807, 2.05) is 36.5 Å². The highest BCUT2D eigenvalue weighted by atomic mass is 16.5. The summed E-state index contributed by atoms with van der Waals surface area (Å²) in [6.07, 6.45) is 6.58. The van der Waals surface area contributed by atoms with Gasteiger partial charge in [0.1, 0.15) is 0 Å². The minimum absolute atomic E-state index is 0.0505. The molecule has 0 aliphatic carbocycles. The number of aliphatic carboxylic acids is 1. The Kier molecular flexibility index (Phi) is 5.50. The summed E-state index contributed by atoms with van der Waals surface area (Å²) in [4.78, 5) is 13.5.